The monoisotopic (exact) mass is 325 g/mol. The van der Waals surface area contributed by atoms with Crippen molar-refractivity contribution in [3.63, 3.8) is 0 Å². The van der Waals surface area contributed by atoms with Crippen molar-refractivity contribution in [1.29, 1.82) is 0 Å². The van der Waals surface area contributed by atoms with Gasteiger partial charge in [0.1, 0.15) is 0 Å². The Bertz CT molecular complexity index is 421. The largest absolute Gasteiger partial charge is 0.382 e. The van der Waals surface area contributed by atoms with Crippen LogP contribution in [0.5, 0.6) is 0 Å². The Balaban J connectivity index is 2.09. The summed E-state index contributed by atoms with van der Waals surface area (Å²) in [5.74, 6) is 0.594. The molecule has 2 nitrogen and oxygen atoms in total. The fourth-order valence-corrected chi connectivity index (χ4v) is 3.45. The molecule has 1 fully saturated rings. The highest BCUT2D eigenvalue weighted by atomic mass is 79.9. The van der Waals surface area contributed by atoms with Gasteiger partial charge in [0.15, 0.2) is 0 Å². The summed E-state index contributed by atoms with van der Waals surface area (Å²) in [5, 5.41) is 3.73. The van der Waals surface area contributed by atoms with Gasteiger partial charge in [-0.1, -0.05) is 29.8 Å². The Morgan fingerprint density at radius 2 is 1.89 bits per heavy atom. The molecule has 2 atom stereocenters. The fourth-order valence-electron chi connectivity index (χ4n) is 2.77. The molecule has 1 aliphatic heterocycles. The van der Waals surface area contributed by atoms with E-state index in [1.165, 1.54) is 16.8 Å². The molecule has 0 amide bonds. The average Bonchev–Trinajstić information content (AvgIpc) is 2.34. The third-order valence-electron chi connectivity index (χ3n) is 3.90. The van der Waals surface area contributed by atoms with Crippen LogP contribution in [-0.2, 0) is 4.74 Å². The van der Waals surface area contributed by atoms with E-state index in [9.17, 15) is 0 Å². The predicted octanol–water partition coefficient (Wildman–Crippen LogP) is 4.68. The summed E-state index contributed by atoms with van der Waals surface area (Å²) in [4.78, 5) is 0. The van der Waals surface area contributed by atoms with Crippen LogP contribution in [0.1, 0.15) is 37.8 Å². The van der Waals surface area contributed by atoms with E-state index in [1.807, 2.05) is 0 Å². The SMILES string of the molecule is Cc1cc(Br)cc(C)c1NC1CCOC(C(C)C)C1. The summed E-state index contributed by atoms with van der Waals surface area (Å²) < 4.78 is 6.99. The normalized spacial score (nSPS) is 23.7. The summed E-state index contributed by atoms with van der Waals surface area (Å²) in [6.07, 6.45) is 2.59. The lowest BCUT2D eigenvalue weighted by molar-refractivity contribution is -0.0160. The van der Waals surface area contributed by atoms with E-state index in [4.69, 9.17) is 4.74 Å². The van der Waals surface area contributed by atoms with Crippen LogP contribution in [0.2, 0.25) is 0 Å². The Labute approximate surface area is 125 Å². The highest BCUT2D eigenvalue weighted by Crippen LogP contribution is 2.29. The van der Waals surface area contributed by atoms with Gasteiger partial charge in [0.05, 0.1) is 6.10 Å². The van der Waals surface area contributed by atoms with Gasteiger partial charge in [-0.25, -0.2) is 0 Å². The van der Waals surface area contributed by atoms with E-state index in [0.29, 0.717) is 18.1 Å². The maximum Gasteiger partial charge on any atom is 0.0617 e. The first-order valence-electron chi connectivity index (χ1n) is 7.12. The Morgan fingerprint density at radius 1 is 1.26 bits per heavy atom. The number of hydrogen-bond acceptors (Lipinski definition) is 2. The number of aryl methyl sites for hydroxylation is 2. The van der Waals surface area contributed by atoms with E-state index in [1.54, 1.807) is 0 Å². The topological polar surface area (TPSA) is 21.3 Å². The molecule has 0 saturated carbocycles. The van der Waals surface area contributed by atoms with Crippen LogP contribution in [0.15, 0.2) is 16.6 Å². The van der Waals surface area contributed by atoms with Crippen LogP contribution in [0.3, 0.4) is 0 Å². The molecule has 1 saturated heterocycles. The number of anilines is 1. The van der Waals surface area contributed by atoms with E-state index in [0.717, 1.165) is 23.9 Å². The van der Waals surface area contributed by atoms with Crippen molar-refractivity contribution in [3.8, 4) is 0 Å². The van der Waals surface area contributed by atoms with Crippen molar-refractivity contribution >= 4 is 21.6 Å². The molecule has 0 aliphatic carbocycles. The summed E-state index contributed by atoms with van der Waals surface area (Å²) >= 11 is 3.55. The molecule has 19 heavy (non-hydrogen) atoms. The number of nitrogens with one attached hydrogen (secondary N) is 1. The maximum absolute atomic E-state index is 5.84. The fraction of sp³-hybridized carbons (Fsp3) is 0.625. The van der Waals surface area contributed by atoms with Crippen LogP contribution in [-0.4, -0.2) is 18.8 Å². The molecule has 0 bridgehead atoms. The van der Waals surface area contributed by atoms with E-state index in [-0.39, 0.29) is 0 Å². The van der Waals surface area contributed by atoms with Crippen molar-refractivity contribution in [2.45, 2.75) is 52.7 Å². The van der Waals surface area contributed by atoms with Crippen LogP contribution in [0.4, 0.5) is 5.69 Å². The van der Waals surface area contributed by atoms with E-state index < -0.39 is 0 Å². The number of ether oxygens (including phenoxy) is 1. The zero-order valence-corrected chi connectivity index (χ0v) is 13.9. The average molecular weight is 326 g/mol. The van der Waals surface area contributed by atoms with Crippen LogP contribution < -0.4 is 5.32 Å². The second-order valence-corrected chi connectivity index (χ2v) is 6.85. The minimum Gasteiger partial charge on any atom is -0.382 e. The highest BCUT2D eigenvalue weighted by molar-refractivity contribution is 9.10. The lowest BCUT2D eigenvalue weighted by atomic mass is 9.94. The molecule has 1 aromatic carbocycles. The molecule has 1 aliphatic rings. The standard InChI is InChI=1S/C16H24BrNO/c1-10(2)15-9-14(5-6-19-15)18-16-11(3)7-13(17)8-12(16)4/h7-8,10,14-15,18H,5-6,9H2,1-4H3. The van der Waals surface area contributed by atoms with Crippen molar-refractivity contribution in [1.82, 2.24) is 0 Å². The van der Waals surface area contributed by atoms with Crippen molar-refractivity contribution in [2.24, 2.45) is 5.92 Å². The van der Waals surface area contributed by atoms with E-state index in [2.05, 4.69) is 61.1 Å². The molecule has 1 aromatic rings. The van der Waals surface area contributed by atoms with Crippen molar-refractivity contribution in [2.75, 3.05) is 11.9 Å². The minimum absolute atomic E-state index is 0.391. The van der Waals surface area contributed by atoms with Gasteiger partial charge >= 0.3 is 0 Å². The van der Waals surface area contributed by atoms with Crippen LogP contribution in [0.25, 0.3) is 0 Å². The van der Waals surface area contributed by atoms with Gasteiger partial charge in [0, 0.05) is 22.8 Å². The third-order valence-corrected chi connectivity index (χ3v) is 4.36. The first-order chi connectivity index (χ1) is 8.97. The predicted molar refractivity (Wildman–Crippen MR) is 84.8 cm³/mol. The summed E-state index contributed by atoms with van der Waals surface area (Å²) in [7, 11) is 0. The van der Waals surface area contributed by atoms with Gasteiger partial charge < -0.3 is 10.1 Å². The van der Waals surface area contributed by atoms with Crippen molar-refractivity contribution in [3.05, 3.63) is 27.7 Å². The van der Waals surface area contributed by atoms with E-state index >= 15 is 0 Å². The Morgan fingerprint density at radius 3 is 2.47 bits per heavy atom. The number of rotatable bonds is 3. The molecular weight excluding hydrogens is 302 g/mol. The van der Waals surface area contributed by atoms with Gasteiger partial charge in [0.25, 0.3) is 0 Å². The number of benzene rings is 1. The zero-order valence-electron chi connectivity index (χ0n) is 12.3. The van der Waals surface area contributed by atoms with Gasteiger partial charge in [-0.15, -0.1) is 0 Å². The number of halogens is 1. The molecule has 0 aromatic heterocycles. The van der Waals surface area contributed by atoms with Crippen LogP contribution in [0, 0.1) is 19.8 Å². The summed E-state index contributed by atoms with van der Waals surface area (Å²) in [5.41, 5.74) is 3.90. The minimum atomic E-state index is 0.391. The summed E-state index contributed by atoms with van der Waals surface area (Å²) in [6, 6.07) is 4.88. The Kier molecular flexibility index (Phi) is 4.91. The van der Waals surface area contributed by atoms with Crippen LogP contribution >= 0.6 is 15.9 Å². The highest BCUT2D eigenvalue weighted by Gasteiger charge is 2.25. The molecule has 0 radical (unpaired) electrons. The number of hydrogen-bond donors (Lipinski definition) is 1. The molecule has 2 unspecified atom stereocenters. The van der Waals surface area contributed by atoms with Gasteiger partial charge in [-0.3, -0.25) is 0 Å². The lowest BCUT2D eigenvalue weighted by Gasteiger charge is -2.33. The maximum atomic E-state index is 5.84. The van der Waals surface area contributed by atoms with Gasteiger partial charge in [-0.05, 0) is 55.9 Å². The second kappa shape index (κ2) is 6.27. The molecule has 1 N–H and O–H groups in total. The quantitative estimate of drug-likeness (QED) is 0.871. The molecule has 3 heteroatoms. The molecule has 2 rings (SSSR count). The van der Waals surface area contributed by atoms with Gasteiger partial charge in [0.2, 0.25) is 0 Å². The first kappa shape index (κ1) is 14.9. The zero-order chi connectivity index (χ0) is 14.0. The first-order valence-corrected chi connectivity index (χ1v) is 7.91. The molecule has 1 heterocycles. The second-order valence-electron chi connectivity index (χ2n) is 5.93. The smallest absolute Gasteiger partial charge is 0.0617 e. The summed E-state index contributed by atoms with van der Waals surface area (Å²) in [6.45, 7) is 9.68. The van der Waals surface area contributed by atoms with Crippen molar-refractivity contribution < 1.29 is 4.74 Å². The lowest BCUT2D eigenvalue weighted by Crippen LogP contribution is -2.36. The Hall–Kier alpha value is -0.540. The third kappa shape index (κ3) is 3.73. The molecular formula is C16H24BrNO. The van der Waals surface area contributed by atoms with Gasteiger partial charge in [-0.2, -0.15) is 0 Å². The molecule has 106 valence electrons. The molecule has 0 spiro atoms.